The molecular weight excluding hydrogens is 572 g/mol. The molecular formula is C40H48F4O. The highest BCUT2D eigenvalue weighted by Crippen LogP contribution is 2.43. The van der Waals surface area contributed by atoms with Gasteiger partial charge in [0.1, 0.15) is 0 Å². The highest BCUT2D eigenvalue weighted by Gasteiger charge is 2.29. The minimum Gasteiger partial charge on any atom is -0.490 e. The van der Waals surface area contributed by atoms with Crippen molar-refractivity contribution in [1.82, 2.24) is 0 Å². The minimum atomic E-state index is -1.02. The van der Waals surface area contributed by atoms with Crippen LogP contribution in [0.15, 0.2) is 54.6 Å². The van der Waals surface area contributed by atoms with Gasteiger partial charge in [-0.1, -0.05) is 108 Å². The molecule has 0 spiro atoms. The van der Waals surface area contributed by atoms with Crippen molar-refractivity contribution in [3.63, 3.8) is 0 Å². The van der Waals surface area contributed by atoms with E-state index < -0.39 is 23.3 Å². The number of halogens is 4. The summed E-state index contributed by atoms with van der Waals surface area (Å²) >= 11 is 0. The van der Waals surface area contributed by atoms with E-state index >= 15 is 8.78 Å². The molecule has 0 aromatic heterocycles. The Morgan fingerprint density at radius 3 is 1.80 bits per heavy atom. The lowest BCUT2D eigenvalue weighted by Gasteiger charge is -2.35. The van der Waals surface area contributed by atoms with Crippen LogP contribution in [0.5, 0.6) is 5.75 Å². The summed E-state index contributed by atoms with van der Waals surface area (Å²) in [5.41, 5.74) is 2.40. The van der Waals surface area contributed by atoms with E-state index in [1.165, 1.54) is 63.5 Å². The molecule has 0 N–H and O–H groups in total. The van der Waals surface area contributed by atoms with Crippen molar-refractivity contribution in [1.29, 1.82) is 0 Å². The third kappa shape index (κ3) is 8.02. The summed E-state index contributed by atoms with van der Waals surface area (Å²) in [6.07, 6.45) is 18.3. The highest BCUT2D eigenvalue weighted by molar-refractivity contribution is 5.74. The van der Waals surface area contributed by atoms with Crippen LogP contribution in [-0.2, 0) is 0 Å². The Morgan fingerprint density at radius 1 is 0.600 bits per heavy atom. The van der Waals surface area contributed by atoms with Gasteiger partial charge in [0.05, 0.1) is 6.61 Å². The molecule has 0 heterocycles. The van der Waals surface area contributed by atoms with Crippen LogP contribution in [0.1, 0.15) is 109 Å². The van der Waals surface area contributed by atoms with Crippen LogP contribution < -0.4 is 4.74 Å². The van der Waals surface area contributed by atoms with Crippen LogP contribution in [0.4, 0.5) is 17.6 Å². The Bertz CT molecular complexity index is 1440. The molecule has 1 unspecified atom stereocenters. The quantitative estimate of drug-likeness (QED) is 0.136. The van der Waals surface area contributed by atoms with Gasteiger partial charge in [0, 0.05) is 16.7 Å². The maximum atomic E-state index is 15.4. The van der Waals surface area contributed by atoms with E-state index in [4.69, 9.17) is 4.74 Å². The zero-order chi connectivity index (χ0) is 31.8. The van der Waals surface area contributed by atoms with Crippen LogP contribution in [0, 0.1) is 41.0 Å². The molecule has 0 bridgehead atoms. The summed E-state index contributed by atoms with van der Waals surface area (Å²) in [7, 11) is 0. The number of allylic oxidation sites excluding steroid dienone is 2. The molecule has 1 atom stereocenters. The van der Waals surface area contributed by atoms with E-state index in [-0.39, 0.29) is 16.9 Å². The normalized spacial score (nSPS) is 20.2. The van der Waals surface area contributed by atoms with Gasteiger partial charge in [-0.25, -0.2) is 13.2 Å². The maximum absolute atomic E-state index is 15.4. The largest absolute Gasteiger partial charge is 0.490 e. The van der Waals surface area contributed by atoms with Crippen LogP contribution >= 0.6 is 0 Å². The van der Waals surface area contributed by atoms with E-state index in [1.54, 1.807) is 36.4 Å². The van der Waals surface area contributed by atoms with Gasteiger partial charge in [-0.2, -0.15) is 4.39 Å². The third-order valence-electron chi connectivity index (χ3n) is 10.2. The molecule has 1 fully saturated rings. The number of hydrogen-bond donors (Lipinski definition) is 0. The molecule has 3 aromatic rings. The summed E-state index contributed by atoms with van der Waals surface area (Å²) in [6.45, 7) is 4.65. The smallest absolute Gasteiger partial charge is 0.201 e. The monoisotopic (exact) mass is 620 g/mol. The molecule has 0 amide bonds. The molecule has 5 heteroatoms. The first-order chi connectivity index (χ1) is 21.9. The number of unbranched alkanes of at least 4 members (excludes halogenated alkanes) is 4. The Labute approximate surface area is 267 Å². The highest BCUT2D eigenvalue weighted by atomic mass is 19.2. The fourth-order valence-corrected chi connectivity index (χ4v) is 7.41. The van der Waals surface area contributed by atoms with Crippen molar-refractivity contribution in [2.24, 2.45) is 17.8 Å². The second kappa shape index (κ2) is 16.0. The van der Waals surface area contributed by atoms with Gasteiger partial charge in [0.2, 0.25) is 5.82 Å². The van der Waals surface area contributed by atoms with E-state index in [0.29, 0.717) is 29.2 Å². The predicted molar refractivity (Wildman–Crippen MR) is 177 cm³/mol. The van der Waals surface area contributed by atoms with Gasteiger partial charge in [0.25, 0.3) is 0 Å². The average Bonchev–Trinajstić information content (AvgIpc) is 3.07. The fraction of sp³-hybridized carbons (Fsp3) is 0.500. The minimum absolute atomic E-state index is 0.0875. The number of benzene rings is 3. The summed E-state index contributed by atoms with van der Waals surface area (Å²) in [5.74, 6) is -1.54. The molecule has 1 saturated carbocycles. The fourth-order valence-electron chi connectivity index (χ4n) is 7.41. The number of rotatable bonds is 13. The van der Waals surface area contributed by atoms with Crippen molar-refractivity contribution < 1.29 is 22.3 Å². The van der Waals surface area contributed by atoms with Gasteiger partial charge < -0.3 is 4.74 Å². The standard InChI is InChI=1S/C40H48F4O/c1-3-5-7-9-27-10-12-28(13-11-27)29-14-16-30(17-15-29)33-22-23-34(38(42)37(33)41)31-18-20-32(21-19-31)35-24-25-36(40(44)39(35)43)45-26-8-6-4-2/h16,18-25,27-29H,3-15,17,26H2,1-2H3. The first-order valence-corrected chi connectivity index (χ1v) is 17.3. The van der Waals surface area contributed by atoms with Gasteiger partial charge in [0.15, 0.2) is 23.2 Å². The summed E-state index contributed by atoms with van der Waals surface area (Å²) < 4.78 is 65.9. The van der Waals surface area contributed by atoms with Gasteiger partial charge >= 0.3 is 0 Å². The molecule has 3 aromatic carbocycles. The lowest BCUT2D eigenvalue weighted by atomic mass is 9.70. The zero-order valence-electron chi connectivity index (χ0n) is 27.0. The van der Waals surface area contributed by atoms with E-state index in [9.17, 15) is 8.78 Å². The first-order valence-electron chi connectivity index (χ1n) is 17.3. The van der Waals surface area contributed by atoms with Crippen LogP contribution in [0.3, 0.4) is 0 Å². The van der Waals surface area contributed by atoms with Crippen LogP contribution in [0.2, 0.25) is 0 Å². The SMILES string of the molecule is CCCCCOc1ccc(-c2ccc(-c3ccc(C4=CCC(C5CCC(CCCCC)CC5)CC4)c(F)c3F)cc2)c(F)c1F. The van der Waals surface area contributed by atoms with Crippen molar-refractivity contribution in [3.8, 4) is 28.0 Å². The lowest BCUT2D eigenvalue weighted by molar-refractivity contribution is 0.187. The number of ether oxygens (including phenoxy) is 1. The molecule has 45 heavy (non-hydrogen) atoms. The molecule has 2 aliphatic carbocycles. The number of hydrogen-bond acceptors (Lipinski definition) is 1. The Hall–Kier alpha value is -3.08. The lowest BCUT2D eigenvalue weighted by Crippen LogP contribution is -2.23. The maximum Gasteiger partial charge on any atom is 0.201 e. The molecule has 242 valence electrons. The summed E-state index contributed by atoms with van der Waals surface area (Å²) in [5, 5.41) is 0. The van der Waals surface area contributed by atoms with Crippen LogP contribution in [0.25, 0.3) is 27.8 Å². The molecule has 2 aliphatic rings. The predicted octanol–water partition coefficient (Wildman–Crippen LogP) is 12.7. The summed E-state index contributed by atoms with van der Waals surface area (Å²) in [4.78, 5) is 0. The van der Waals surface area contributed by atoms with Gasteiger partial charge in [-0.15, -0.1) is 0 Å². The van der Waals surface area contributed by atoms with Crippen LogP contribution in [-0.4, -0.2) is 6.61 Å². The van der Waals surface area contributed by atoms with Crippen molar-refractivity contribution in [2.45, 2.75) is 104 Å². The van der Waals surface area contributed by atoms with Gasteiger partial charge in [-0.05, 0) is 85.1 Å². The Kier molecular flexibility index (Phi) is 11.8. The van der Waals surface area contributed by atoms with E-state index in [2.05, 4.69) is 19.9 Å². The topological polar surface area (TPSA) is 9.23 Å². The second-order valence-corrected chi connectivity index (χ2v) is 13.2. The molecule has 0 aliphatic heterocycles. The summed E-state index contributed by atoms with van der Waals surface area (Å²) in [6, 6.07) is 12.7. The average molecular weight is 621 g/mol. The van der Waals surface area contributed by atoms with Crippen molar-refractivity contribution in [3.05, 3.63) is 83.4 Å². The first kappa shape index (κ1) is 33.3. The Morgan fingerprint density at radius 2 is 1.18 bits per heavy atom. The molecule has 1 nitrogen and oxygen atoms in total. The molecule has 0 radical (unpaired) electrons. The Balaban J connectivity index is 1.22. The van der Waals surface area contributed by atoms with E-state index in [1.807, 2.05) is 0 Å². The molecule has 5 rings (SSSR count). The van der Waals surface area contributed by atoms with E-state index in [0.717, 1.165) is 55.9 Å². The van der Waals surface area contributed by atoms with Crippen molar-refractivity contribution >= 4 is 5.57 Å². The molecule has 0 saturated heterocycles. The van der Waals surface area contributed by atoms with Crippen molar-refractivity contribution in [2.75, 3.05) is 6.61 Å². The second-order valence-electron chi connectivity index (χ2n) is 13.2. The van der Waals surface area contributed by atoms with Gasteiger partial charge in [-0.3, -0.25) is 0 Å². The zero-order valence-corrected chi connectivity index (χ0v) is 27.0. The third-order valence-corrected chi connectivity index (χ3v) is 10.2.